The Labute approximate surface area is 138 Å². The molecule has 1 aromatic carbocycles. The van der Waals surface area contributed by atoms with E-state index in [-0.39, 0.29) is 12.4 Å². The summed E-state index contributed by atoms with van der Waals surface area (Å²) in [6.45, 7) is 6.13. The summed E-state index contributed by atoms with van der Waals surface area (Å²) in [6.07, 6.45) is 0. The van der Waals surface area contributed by atoms with Crippen LogP contribution in [-0.4, -0.2) is 12.4 Å². The number of halogens is 2. The summed E-state index contributed by atoms with van der Waals surface area (Å²) in [5, 5.41) is 0. The molecule has 0 amide bonds. The molecule has 0 aliphatic carbocycles. The summed E-state index contributed by atoms with van der Waals surface area (Å²) >= 11 is 13.0. The predicted octanol–water partition coefficient (Wildman–Crippen LogP) is 5.75. The smallest absolute Gasteiger partial charge is 0.202 e. The molecular formula is C16H16Cl2O2S. The van der Waals surface area contributed by atoms with Crippen molar-refractivity contribution in [2.75, 3.05) is 6.61 Å². The Balaban J connectivity index is 2.14. The topological polar surface area (TPSA) is 26.3 Å². The molecule has 0 bridgehead atoms. The Bertz CT molecular complexity index is 662. The van der Waals surface area contributed by atoms with Crippen LogP contribution >= 0.6 is 34.5 Å². The molecule has 112 valence electrons. The van der Waals surface area contributed by atoms with Gasteiger partial charge in [-0.2, -0.15) is 0 Å². The summed E-state index contributed by atoms with van der Waals surface area (Å²) < 4.78 is 6.62. The second-order valence-electron chi connectivity index (χ2n) is 5.15. The molecule has 0 N–H and O–H groups in total. The van der Waals surface area contributed by atoms with Crippen molar-refractivity contribution < 1.29 is 9.53 Å². The number of ketones is 1. The van der Waals surface area contributed by atoms with E-state index in [1.807, 2.05) is 25.1 Å². The van der Waals surface area contributed by atoms with E-state index in [4.69, 9.17) is 27.9 Å². The van der Waals surface area contributed by atoms with E-state index in [2.05, 4.69) is 13.8 Å². The van der Waals surface area contributed by atoms with E-state index in [0.29, 0.717) is 20.2 Å². The zero-order valence-corrected chi connectivity index (χ0v) is 14.4. The maximum atomic E-state index is 12.2. The Morgan fingerprint density at radius 2 is 2.00 bits per heavy atom. The molecule has 1 heterocycles. The molecule has 1 aromatic heterocycles. The average Bonchev–Trinajstić information content (AvgIpc) is 2.74. The third-order valence-corrected chi connectivity index (χ3v) is 4.59. The summed E-state index contributed by atoms with van der Waals surface area (Å²) in [5.74, 6) is 0.907. The molecule has 0 aliphatic rings. The van der Waals surface area contributed by atoms with Gasteiger partial charge in [0.25, 0.3) is 0 Å². The van der Waals surface area contributed by atoms with Crippen molar-refractivity contribution in [3.8, 4) is 5.75 Å². The SMILES string of the molecule is Cc1ccc(C(C)C)c(OCC(=O)c2cc(Cl)sc2Cl)c1. The zero-order chi connectivity index (χ0) is 15.6. The minimum absolute atomic E-state index is 0.0457. The normalized spacial score (nSPS) is 11.0. The van der Waals surface area contributed by atoms with E-state index < -0.39 is 0 Å². The van der Waals surface area contributed by atoms with Gasteiger partial charge in [0.1, 0.15) is 10.1 Å². The molecule has 0 saturated carbocycles. The molecule has 5 heteroatoms. The number of ether oxygens (including phenoxy) is 1. The number of carbonyl (C=O) groups excluding carboxylic acids is 1. The van der Waals surface area contributed by atoms with Gasteiger partial charge in [0.15, 0.2) is 6.61 Å². The third-order valence-electron chi connectivity index (χ3n) is 3.11. The number of Topliss-reactive ketones (excluding diaryl/α,β-unsaturated/α-hetero) is 1. The van der Waals surface area contributed by atoms with Crippen LogP contribution in [0.5, 0.6) is 5.75 Å². The molecule has 0 atom stereocenters. The van der Waals surface area contributed by atoms with Crippen LogP contribution in [0.2, 0.25) is 8.67 Å². The Morgan fingerprint density at radius 1 is 1.29 bits per heavy atom. The van der Waals surface area contributed by atoms with Crippen molar-refractivity contribution in [3.05, 3.63) is 49.6 Å². The Morgan fingerprint density at radius 3 is 2.57 bits per heavy atom. The Kier molecular flexibility index (Phi) is 5.31. The van der Waals surface area contributed by atoms with Gasteiger partial charge in [0.05, 0.1) is 9.90 Å². The van der Waals surface area contributed by atoms with Crippen LogP contribution < -0.4 is 4.74 Å². The van der Waals surface area contributed by atoms with Crippen molar-refractivity contribution in [1.82, 2.24) is 0 Å². The average molecular weight is 343 g/mol. The number of hydrogen-bond acceptors (Lipinski definition) is 3. The summed E-state index contributed by atoms with van der Waals surface area (Å²) in [6, 6.07) is 7.61. The van der Waals surface area contributed by atoms with Crippen molar-refractivity contribution >= 4 is 40.3 Å². The predicted molar refractivity (Wildman–Crippen MR) is 89.4 cm³/mol. The third kappa shape index (κ3) is 4.00. The van der Waals surface area contributed by atoms with Crippen LogP contribution in [0.3, 0.4) is 0 Å². The minimum Gasteiger partial charge on any atom is -0.485 e. The van der Waals surface area contributed by atoms with Crippen LogP contribution in [0.15, 0.2) is 24.3 Å². The fourth-order valence-corrected chi connectivity index (χ4v) is 3.49. The molecule has 2 aromatic rings. The highest BCUT2D eigenvalue weighted by Gasteiger charge is 2.16. The fraction of sp³-hybridized carbons (Fsp3) is 0.312. The molecule has 0 aliphatic heterocycles. The second kappa shape index (κ2) is 6.82. The highest BCUT2D eigenvalue weighted by molar-refractivity contribution is 7.20. The second-order valence-corrected chi connectivity index (χ2v) is 7.43. The van der Waals surface area contributed by atoms with Gasteiger partial charge in [0, 0.05) is 0 Å². The molecule has 21 heavy (non-hydrogen) atoms. The van der Waals surface area contributed by atoms with Crippen LogP contribution in [0.1, 0.15) is 41.3 Å². The van der Waals surface area contributed by atoms with E-state index in [9.17, 15) is 4.79 Å². The van der Waals surface area contributed by atoms with Crippen LogP contribution in [0.25, 0.3) is 0 Å². The quantitative estimate of drug-likeness (QED) is 0.646. The van der Waals surface area contributed by atoms with Crippen molar-refractivity contribution in [2.24, 2.45) is 0 Å². The summed E-state index contributed by atoms with van der Waals surface area (Å²) in [4.78, 5) is 12.2. The summed E-state index contributed by atoms with van der Waals surface area (Å²) in [5.41, 5.74) is 2.60. The van der Waals surface area contributed by atoms with Crippen molar-refractivity contribution in [2.45, 2.75) is 26.7 Å². The number of hydrogen-bond donors (Lipinski definition) is 0. The first-order valence-electron chi connectivity index (χ1n) is 6.60. The first-order valence-corrected chi connectivity index (χ1v) is 8.17. The molecule has 0 saturated heterocycles. The van der Waals surface area contributed by atoms with Gasteiger partial charge >= 0.3 is 0 Å². The number of thiophene rings is 1. The van der Waals surface area contributed by atoms with Gasteiger partial charge in [-0.25, -0.2) is 0 Å². The van der Waals surface area contributed by atoms with Gasteiger partial charge in [0.2, 0.25) is 5.78 Å². The molecule has 2 rings (SSSR count). The molecule has 0 fully saturated rings. The minimum atomic E-state index is -0.167. The number of benzene rings is 1. The molecule has 2 nitrogen and oxygen atoms in total. The largest absolute Gasteiger partial charge is 0.485 e. The zero-order valence-electron chi connectivity index (χ0n) is 12.1. The first-order chi connectivity index (χ1) is 9.88. The number of aryl methyl sites for hydroxylation is 1. The lowest BCUT2D eigenvalue weighted by atomic mass is 10.0. The van der Waals surface area contributed by atoms with Gasteiger partial charge in [-0.1, -0.05) is 49.2 Å². The van der Waals surface area contributed by atoms with E-state index >= 15 is 0 Å². The van der Waals surface area contributed by atoms with Crippen molar-refractivity contribution in [1.29, 1.82) is 0 Å². The lowest BCUT2D eigenvalue weighted by molar-refractivity contribution is 0.0921. The van der Waals surface area contributed by atoms with E-state index in [0.717, 1.165) is 16.9 Å². The summed E-state index contributed by atoms with van der Waals surface area (Å²) in [7, 11) is 0. The fourth-order valence-electron chi connectivity index (χ4n) is 1.99. The standard InChI is InChI=1S/C16H16Cl2O2S/c1-9(2)11-5-4-10(3)6-14(11)20-8-13(19)12-7-15(17)21-16(12)18/h4-7,9H,8H2,1-3H3. The molecule has 0 spiro atoms. The monoisotopic (exact) mass is 342 g/mol. The van der Waals surface area contributed by atoms with E-state index in [1.165, 1.54) is 11.3 Å². The molecular weight excluding hydrogens is 327 g/mol. The Hall–Kier alpha value is -1.03. The maximum absolute atomic E-state index is 12.2. The highest BCUT2D eigenvalue weighted by Crippen LogP contribution is 2.32. The van der Waals surface area contributed by atoms with Gasteiger partial charge in [-0.05, 0) is 36.1 Å². The maximum Gasteiger partial charge on any atom is 0.202 e. The lowest BCUT2D eigenvalue weighted by Gasteiger charge is -2.14. The molecule has 0 radical (unpaired) electrons. The van der Waals surface area contributed by atoms with Crippen LogP contribution in [0.4, 0.5) is 0 Å². The van der Waals surface area contributed by atoms with Gasteiger partial charge in [-0.15, -0.1) is 11.3 Å². The van der Waals surface area contributed by atoms with Gasteiger partial charge in [-0.3, -0.25) is 4.79 Å². The number of rotatable bonds is 5. The molecule has 0 unspecified atom stereocenters. The lowest BCUT2D eigenvalue weighted by Crippen LogP contribution is -2.12. The van der Waals surface area contributed by atoms with Crippen molar-refractivity contribution in [3.63, 3.8) is 0 Å². The van der Waals surface area contributed by atoms with E-state index in [1.54, 1.807) is 6.07 Å². The highest BCUT2D eigenvalue weighted by atomic mass is 35.5. The van der Waals surface area contributed by atoms with Crippen LogP contribution in [-0.2, 0) is 0 Å². The first kappa shape index (κ1) is 16.3. The number of carbonyl (C=O) groups is 1. The van der Waals surface area contributed by atoms with Crippen LogP contribution in [0, 0.1) is 6.92 Å². The van der Waals surface area contributed by atoms with Gasteiger partial charge < -0.3 is 4.74 Å².